The Morgan fingerprint density at radius 3 is 2.38 bits per heavy atom. The zero-order valence-electron chi connectivity index (χ0n) is 12.5. The van der Waals surface area contributed by atoms with Crippen LogP contribution in [0.5, 0.6) is 0 Å². The van der Waals surface area contributed by atoms with Crippen LogP contribution in [-0.2, 0) is 19.5 Å². The Kier molecular flexibility index (Phi) is 4.73. The highest BCUT2D eigenvalue weighted by Gasteiger charge is 2.20. The minimum absolute atomic E-state index is 0.485. The molecule has 3 rings (SSSR count). The van der Waals surface area contributed by atoms with Crippen LogP contribution in [0.25, 0.3) is 0 Å². The summed E-state index contributed by atoms with van der Waals surface area (Å²) in [7, 11) is 0. The van der Waals surface area contributed by atoms with Crippen LogP contribution in [0.3, 0.4) is 0 Å². The van der Waals surface area contributed by atoms with Crippen molar-refractivity contribution in [2.75, 3.05) is 13.1 Å². The van der Waals surface area contributed by atoms with Crippen molar-refractivity contribution in [1.82, 2.24) is 4.90 Å². The monoisotopic (exact) mass is 284 g/mol. The summed E-state index contributed by atoms with van der Waals surface area (Å²) in [6.45, 7) is 3.73. The second-order valence-corrected chi connectivity index (χ2v) is 5.98. The molecule has 21 heavy (non-hydrogen) atoms. The maximum absolute atomic E-state index is 5.69. The van der Waals surface area contributed by atoms with Crippen LogP contribution in [0, 0.1) is 5.92 Å². The SMILES string of the molecule is NCc1ccc(CN2CCC(Cc3ccccc3)CC2)o1. The van der Waals surface area contributed by atoms with Gasteiger partial charge in [0, 0.05) is 0 Å². The largest absolute Gasteiger partial charge is 0.463 e. The van der Waals surface area contributed by atoms with Gasteiger partial charge < -0.3 is 10.2 Å². The van der Waals surface area contributed by atoms with Crippen LogP contribution < -0.4 is 5.73 Å². The zero-order chi connectivity index (χ0) is 14.5. The molecule has 0 saturated carbocycles. The Bertz CT molecular complexity index is 541. The molecule has 0 aliphatic carbocycles. The van der Waals surface area contributed by atoms with Gasteiger partial charge in [-0.2, -0.15) is 0 Å². The van der Waals surface area contributed by atoms with Crippen molar-refractivity contribution in [3.8, 4) is 0 Å². The molecule has 0 spiro atoms. The highest BCUT2D eigenvalue weighted by atomic mass is 16.3. The fourth-order valence-corrected chi connectivity index (χ4v) is 3.13. The fraction of sp³-hybridized carbons (Fsp3) is 0.444. The number of piperidine rings is 1. The number of likely N-dealkylation sites (tertiary alicyclic amines) is 1. The molecule has 1 saturated heterocycles. The summed E-state index contributed by atoms with van der Waals surface area (Å²) >= 11 is 0. The molecule has 1 aromatic carbocycles. The molecule has 0 unspecified atom stereocenters. The van der Waals surface area contributed by atoms with E-state index in [0.29, 0.717) is 6.54 Å². The number of furan rings is 1. The molecule has 1 aliphatic rings. The standard InChI is InChI=1S/C18H24N2O/c19-13-17-6-7-18(21-17)14-20-10-8-16(9-11-20)12-15-4-2-1-3-5-15/h1-7,16H,8-14,19H2. The maximum Gasteiger partial charge on any atom is 0.118 e. The van der Waals surface area contributed by atoms with Crippen LogP contribution in [0.2, 0.25) is 0 Å². The van der Waals surface area contributed by atoms with E-state index in [1.807, 2.05) is 6.07 Å². The van der Waals surface area contributed by atoms with Gasteiger partial charge in [-0.25, -0.2) is 0 Å². The molecule has 0 radical (unpaired) electrons. The van der Waals surface area contributed by atoms with Gasteiger partial charge in [0.2, 0.25) is 0 Å². The summed E-state index contributed by atoms with van der Waals surface area (Å²) in [5, 5.41) is 0. The van der Waals surface area contributed by atoms with Gasteiger partial charge in [-0.05, 0) is 56.0 Å². The topological polar surface area (TPSA) is 42.4 Å². The van der Waals surface area contributed by atoms with Crippen molar-refractivity contribution < 1.29 is 4.42 Å². The molecular weight excluding hydrogens is 260 g/mol. The molecule has 112 valence electrons. The summed E-state index contributed by atoms with van der Waals surface area (Å²) in [5.41, 5.74) is 7.05. The van der Waals surface area contributed by atoms with Crippen molar-refractivity contribution in [2.45, 2.75) is 32.4 Å². The summed E-state index contributed by atoms with van der Waals surface area (Å²) < 4.78 is 5.69. The molecule has 2 aromatic rings. The molecule has 2 heterocycles. The van der Waals surface area contributed by atoms with Crippen LogP contribution in [0.15, 0.2) is 46.9 Å². The van der Waals surface area contributed by atoms with Crippen molar-refractivity contribution in [3.05, 3.63) is 59.5 Å². The number of hydrogen-bond donors (Lipinski definition) is 1. The first kappa shape index (κ1) is 14.4. The summed E-state index contributed by atoms with van der Waals surface area (Å²) in [5.74, 6) is 2.74. The lowest BCUT2D eigenvalue weighted by Gasteiger charge is -2.31. The quantitative estimate of drug-likeness (QED) is 0.917. The molecule has 1 aliphatic heterocycles. The van der Waals surface area contributed by atoms with Crippen molar-refractivity contribution in [3.63, 3.8) is 0 Å². The normalized spacial score (nSPS) is 17.2. The average molecular weight is 284 g/mol. The lowest BCUT2D eigenvalue weighted by molar-refractivity contribution is 0.165. The van der Waals surface area contributed by atoms with E-state index in [1.165, 1.54) is 24.8 Å². The van der Waals surface area contributed by atoms with Gasteiger partial charge in [0.1, 0.15) is 11.5 Å². The summed E-state index contributed by atoms with van der Waals surface area (Å²) in [6.07, 6.45) is 3.77. The third-order valence-corrected chi connectivity index (χ3v) is 4.37. The third kappa shape index (κ3) is 3.96. The van der Waals surface area contributed by atoms with Crippen molar-refractivity contribution >= 4 is 0 Å². The highest BCUT2D eigenvalue weighted by Crippen LogP contribution is 2.23. The lowest BCUT2D eigenvalue weighted by atomic mass is 9.90. The zero-order valence-corrected chi connectivity index (χ0v) is 12.5. The predicted molar refractivity (Wildman–Crippen MR) is 84.7 cm³/mol. The number of hydrogen-bond acceptors (Lipinski definition) is 3. The number of nitrogens with zero attached hydrogens (tertiary/aromatic N) is 1. The van der Waals surface area contributed by atoms with Gasteiger partial charge >= 0.3 is 0 Å². The Morgan fingerprint density at radius 1 is 1.00 bits per heavy atom. The number of rotatable bonds is 5. The van der Waals surface area contributed by atoms with Gasteiger partial charge in [-0.15, -0.1) is 0 Å². The van der Waals surface area contributed by atoms with Gasteiger partial charge in [0.25, 0.3) is 0 Å². The number of nitrogens with two attached hydrogens (primary N) is 1. The predicted octanol–water partition coefficient (Wildman–Crippen LogP) is 3.19. The fourth-order valence-electron chi connectivity index (χ4n) is 3.13. The molecular formula is C18H24N2O. The second kappa shape index (κ2) is 6.92. The smallest absolute Gasteiger partial charge is 0.118 e. The highest BCUT2D eigenvalue weighted by molar-refractivity contribution is 5.15. The van der Waals surface area contributed by atoms with Crippen LogP contribution in [0.4, 0.5) is 0 Å². The van der Waals surface area contributed by atoms with E-state index in [9.17, 15) is 0 Å². The van der Waals surface area contributed by atoms with E-state index in [4.69, 9.17) is 10.2 Å². The number of benzene rings is 1. The molecule has 2 N–H and O–H groups in total. The van der Waals surface area contributed by atoms with E-state index in [2.05, 4.69) is 41.3 Å². The van der Waals surface area contributed by atoms with E-state index >= 15 is 0 Å². The van der Waals surface area contributed by atoms with Crippen LogP contribution in [-0.4, -0.2) is 18.0 Å². The molecule has 3 nitrogen and oxygen atoms in total. The average Bonchev–Trinajstić information content (AvgIpc) is 2.98. The first-order valence-electron chi connectivity index (χ1n) is 7.87. The van der Waals surface area contributed by atoms with E-state index in [1.54, 1.807) is 0 Å². The van der Waals surface area contributed by atoms with E-state index in [-0.39, 0.29) is 0 Å². The molecule has 0 atom stereocenters. The van der Waals surface area contributed by atoms with Crippen LogP contribution in [0.1, 0.15) is 29.9 Å². The van der Waals surface area contributed by atoms with Gasteiger partial charge in [0.15, 0.2) is 0 Å². The Labute approximate surface area is 126 Å². The lowest BCUT2D eigenvalue weighted by Crippen LogP contribution is -2.33. The Balaban J connectivity index is 1.46. The maximum atomic E-state index is 5.69. The van der Waals surface area contributed by atoms with Gasteiger partial charge in [0.05, 0.1) is 13.1 Å². The van der Waals surface area contributed by atoms with E-state index < -0.39 is 0 Å². The first-order valence-corrected chi connectivity index (χ1v) is 7.87. The van der Waals surface area contributed by atoms with E-state index in [0.717, 1.165) is 37.1 Å². The van der Waals surface area contributed by atoms with Gasteiger partial charge in [-0.3, -0.25) is 4.90 Å². The molecule has 1 fully saturated rings. The molecule has 1 aromatic heterocycles. The minimum atomic E-state index is 0.485. The molecule has 0 amide bonds. The Morgan fingerprint density at radius 2 is 1.71 bits per heavy atom. The minimum Gasteiger partial charge on any atom is -0.463 e. The van der Waals surface area contributed by atoms with Crippen LogP contribution >= 0.6 is 0 Å². The molecule has 0 bridgehead atoms. The van der Waals surface area contributed by atoms with Gasteiger partial charge in [-0.1, -0.05) is 30.3 Å². The second-order valence-electron chi connectivity index (χ2n) is 5.98. The summed E-state index contributed by atoms with van der Waals surface area (Å²) in [6, 6.07) is 14.9. The van der Waals surface area contributed by atoms with Crippen molar-refractivity contribution in [2.24, 2.45) is 11.7 Å². The first-order chi connectivity index (χ1) is 10.3. The summed E-state index contributed by atoms with van der Waals surface area (Å²) in [4.78, 5) is 2.49. The Hall–Kier alpha value is -1.58. The molecule has 3 heteroatoms. The van der Waals surface area contributed by atoms with Crippen molar-refractivity contribution in [1.29, 1.82) is 0 Å². The third-order valence-electron chi connectivity index (χ3n) is 4.37.